The molecule has 0 aliphatic heterocycles. The minimum absolute atomic E-state index is 0.113. The van der Waals surface area contributed by atoms with Crippen LogP contribution in [0.3, 0.4) is 0 Å². The number of non-ortho nitro benzene ring substituents is 1. The Labute approximate surface area is 134 Å². The summed E-state index contributed by atoms with van der Waals surface area (Å²) in [7, 11) is 0. The van der Waals surface area contributed by atoms with Crippen molar-refractivity contribution in [3.63, 3.8) is 0 Å². The first-order valence-corrected chi connectivity index (χ1v) is 6.79. The Morgan fingerprint density at radius 3 is 2.38 bits per heavy atom. The number of nitrogens with one attached hydrogen (secondary N) is 1. The lowest BCUT2D eigenvalue weighted by Crippen LogP contribution is -2.15. The maximum atomic E-state index is 12.9. The topological polar surface area (TPSA) is 90.2 Å². The molecular weight excluding hydrogens is 329 g/mol. The fourth-order valence-corrected chi connectivity index (χ4v) is 1.73. The van der Waals surface area contributed by atoms with Crippen molar-refractivity contribution < 1.29 is 22.8 Å². The lowest BCUT2D eigenvalue weighted by molar-refractivity contribution is -0.384. The van der Waals surface area contributed by atoms with E-state index in [0.717, 1.165) is 0 Å². The molecule has 0 unspecified atom stereocenters. The number of nitro groups is 1. The molecule has 1 aromatic heterocycles. The predicted molar refractivity (Wildman–Crippen MR) is 79.2 cm³/mol. The second-order valence-electron chi connectivity index (χ2n) is 5.01. The normalized spacial score (nSPS) is 11.4. The third-order valence-corrected chi connectivity index (χ3v) is 2.74. The monoisotopic (exact) mass is 342 g/mol. The summed E-state index contributed by atoms with van der Waals surface area (Å²) in [6, 6.07) is 5.28. The number of nitrogens with zero attached hydrogens (tertiary/aromatic N) is 3. The number of anilines is 2. The number of alkyl halides is 3. The van der Waals surface area contributed by atoms with Crippen LogP contribution in [-0.2, 0) is 6.18 Å². The van der Waals surface area contributed by atoms with Crippen molar-refractivity contribution in [1.29, 1.82) is 0 Å². The van der Waals surface area contributed by atoms with E-state index in [-0.39, 0.29) is 11.6 Å². The van der Waals surface area contributed by atoms with E-state index in [4.69, 9.17) is 4.74 Å². The Hall–Kier alpha value is -2.91. The standard InChI is InChI=1S/C14H13F3N4O3/c1-8(2)24-12-11(14(15,16)17)7-18-13(20-12)19-9-3-5-10(6-4-9)21(22)23/h3-8H,1-2H3,(H,18,19,20). The Balaban J connectivity index is 2.29. The van der Waals surface area contributed by atoms with Crippen LogP contribution >= 0.6 is 0 Å². The number of aromatic nitrogens is 2. The Bertz CT molecular complexity index is 733. The van der Waals surface area contributed by atoms with Gasteiger partial charge in [0.15, 0.2) is 0 Å². The van der Waals surface area contributed by atoms with Gasteiger partial charge in [-0.25, -0.2) is 4.98 Å². The Kier molecular flexibility index (Phi) is 4.86. The SMILES string of the molecule is CC(C)Oc1nc(Nc2ccc([N+](=O)[O-])cc2)ncc1C(F)(F)F. The molecule has 0 atom stereocenters. The average molecular weight is 342 g/mol. The summed E-state index contributed by atoms with van der Waals surface area (Å²) in [4.78, 5) is 17.4. The van der Waals surface area contributed by atoms with Crippen LogP contribution < -0.4 is 10.1 Å². The quantitative estimate of drug-likeness (QED) is 0.654. The molecule has 0 saturated heterocycles. The highest BCUT2D eigenvalue weighted by Crippen LogP contribution is 2.35. The van der Waals surface area contributed by atoms with Crippen molar-refractivity contribution in [2.24, 2.45) is 0 Å². The molecule has 1 aromatic carbocycles. The summed E-state index contributed by atoms with van der Waals surface area (Å²) >= 11 is 0. The molecule has 0 spiro atoms. The van der Waals surface area contributed by atoms with Gasteiger partial charge in [0.2, 0.25) is 11.8 Å². The van der Waals surface area contributed by atoms with Gasteiger partial charge in [0.25, 0.3) is 5.69 Å². The van der Waals surface area contributed by atoms with Gasteiger partial charge >= 0.3 is 6.18 Å². The van der Waals surface area contributed by atoms with E-state index in [0.29, 0.717) is 11.9 Å². The third-order valence-electron chi connectivity index (χ3n) is 2.74. The Morgan fingerprint density at radius 1 is 1.25 bits per heavy atom. The summed E-state index contributed by atoms with van der Waals surface area (Å²) in [5, 5.41) is 13.3. The van der Waals surface area contributed by atoms with Crippen molar-refractivity contribution in [3.8, 4) is 5.88 Å². The molecule has 2 rings (SSSR count). The largest absolute Gasteiger partial charge is 0.474 e. The molecule has 0 radical (unpaired) electrons. The van der Waals surface area contributed by atoms with Crippen LogP contribution in [0.15, 0.2) is 30.5 Å². The molecular formula is C14H13F3N4O3. The van der Waals surface area contributed by atoms with Gasteiger partial charge in [0.1, 0.15) is 5.56 Å². The predicted octanol–water partition coefficient (Wildman–Crippen LogP) is 3.93. The molecule has 0 fully saturated rings. The van der Waals surface area contributed by atoms with Gasteiger partial charge in [-0.1, -0.05) is 0 Å². The Morgan fingerprint density at radius 2 is 1.88 bits per heavy atom. The first-order chi connectivity index (χ1) is 11.2. The van der Waals surface area contributed by atoms with Crippen LogP contribution in [0.25, 0.3) is 0 Å². The summed E-state index contributed by atoms with van der Waals surface area (Å²) in [5.41, 5.74) is -0.806. The van der Waals surface area contributed by atoms with E-state index in [9.17, 15) is 23.3 Å². The molecule has 1 N–H and O–H groups in total. The van der Waals surface area contributed by atoms with Gasteiger partial charge in [-0.15, -0.1) is 0 Å². The first-order valence-electron chi connectivity index (χ1n) is 6.79. The van der Waals surface area contributed by atoms with Crippen molar-refractivity contribution in [3.05, 3.63) is 46.1 Å². The molecule has 0 aliphatic carbocycles. The van der Waals surface area contributed by atoms with Gasteiger partial charge < -0.3 is 10.1 Å². The minimum Gasteiger partial charge on any atom is -0.474 e. The third kappa shape index (κ3) is 4.31. The number of hydrogen-bond acceptors (Lipinski definition) is 6. The smallest absolute Gasteiger partial charge is 0.423 e. The molecule has 2 aromatic rings. The van der Waals surface area contributed by atoms with E-state index in [1.165, 1.54) is 24.3 Å². The number of halogens is 3. The second kappa shape index (κ2) is 6.69. The lowest BCUT2D eigenvalue weighted by atomic mass is 10.3. The van der Waals surface area contributed by atoms with Crippen LogP contribution in [-0.4, -0.2) is 21.0 Å². The lowest BCUT2D eigenvalue weighted by Gasteiger charge is -2.15. The van der Waals surface area contributed by atoms with Crippen LogP contribution in [0.2, 0.25) is 0 Å². The van der Waals surface area contributed by atoms with E-state index >= 15 is 0 Å². The minimum atomic E-state index is -4.64. The van der Waals surface area contributed by atoms with Crippen LogP contribution in [0.4, 0.5) is 30.5 Å². The molecule has 128 valence electrons. The van der Waals surface area contributed by atoms with E-state index in [1.807, 2.05) is 0 Å². The van der Waals surface area contributed by atoms with E-state index < -0.39 is 28.6 Å². The molecule has 0 bridgehead atoms. The summed E-state index contributed by atoms with van der Waals surface area (Å²) < 4.78 is 43.9. The average Bonchev–Trinajstić information content (AvgIpc) is 2.46. The highest BCUT2D eigenvalue weighted by molar-refractivity contribution is 5.56. The van der Waals surface area contributed by atoms with Crippen molar-refractivity contribution in [2.75, 3.05) is 5.32 Å². The van der Waals surface area contributed by atoms with Crippen LogP contribution in [0.5, 0.6) is 5.88 Å². The zero-order valence-electron chi connectivity index (χ0n) is 12.7. The van der Waals surface area contributed by atoms with E-state index in [2.05, 4.69) is 15.3 Å². The molecule has 10 heteroatoms. The highest BCUT2D eigenvalue weighted by Gasteiger charge is 2.36. The number of hydrogen-bond donors (Lipinski definition) is 1. The van der Waals surface area contributed by atoms with Gasteiger partial charge in [-0.2, -0.15) is 18.2 Å². The van der Waals surface area contributed by atoms with Gasteiger partial charge in [-0.05, 0) is 26.0 Å². The van der Waals surface area contributed by atoms with E-state index in [1.54, 1.807) is 13.8 Å². The molecule has 24 heavy (non-hydrogen) atoms. The number of rotatable bonds is 5. The van der Waals surface area contributed by atoms with Crippen molar-refractivity contribution >= 4 is 17.3 Å². The molecule has 7 nitrogen and oxygen atoms in total. The number of ether oxygens (including phenoxy) is 1. The number of nitro benzene ring substituents is 1. The van der Waals surface area contributed by atoms with Crippen molar-refractivity contribution in [1.82, 2.24) is 9.97 Å². The van der Waals surface area contributed by atoms with Crippen LogP contribution in [0.1, 0.15) is 19.4 Å². The summed E-state index contributed by atoms with van der Waals surface area (Å²) in [6.45, 7) is 3.15. The second-order valence-corrected chi connectivity index (χ2v) is 5.01. The van der Waals surface area contributed by atoms with Gasteiger partial charge in [0, 0.05) is 24.0 Å². The maximum absolute atomic E-state index is 12.9. The van der Waals surface area contributed by atoms with Crippen LogP contribution in [0, 0.1) is 10.1 Å². The summed E-state index contributed by atoms with van der Waals surface area (Å²) in [5.74, 6) is -0.704. The zero-order chi connectivity index (χ0) is 17.9. The molecule has 0 saturated carbocycles. The molecule has 0 amide bonds. The highest BCUT2D eigenvalue weighted by atomic mass is 19.4. The maximum Gasteiger partial charge on any atom is 0.423 e. The van der Waals surface area contributed by atoms with Gasteiger partial charge in [-0.3, -0.25) is 10.1 Å². The van der Waals surface area contributed by atoms with Gasteiger partial charge in [0.05, 0.1) is 11.0 Å². The molecule has 0 aliphatic rings. The number of benzene rings is 1. The molecule has 1 heterocycles. The fourth-order valence-electron chi connectivity index (χ4n) is 1.73. The first kappa shape index (κ1) is 17.4. The summed E-state index contributed by atoms with van der Waals surface area (Å²) in [6.07, 6.45) is -4.53. The van der Waals surface area contributed by atoms with Crippen molar-refractivity contribution in [2.45, 2.75) is 26.1 Å². The fraction of sp³-hybridized carbons (Fsp3) is 0.286. The zero-order valence-corrected chi connectivity index (χ0v) is 12.7.